The summed E-state index contributed by atoms with van der Waals surface area (Å²) in [7, 11) is 0. The molecule has 3 rings (SSSR count). The van der Waals surface area contributed by atoms with Crippen LogP contribution in [0.25, 0.3) is 0 Å². The number of aliphatic hydroxyl groups is 1. The molecule has 1 aliphatic heterocycles. The van der Waals surface area contributed by atoms with Gasteiger partial charge in [-0.3, -0.25) is 0 Å². The number of hydrogen-bond donors (Lipinski definition) is 1. The normalized spacial score (nSPS) is 23.2. The molecule has 1 fully saturated rings. The second-order valence-electron chi connectivity index (χ2n) is 6.95. The lowest BCUT2D eigenvalue weighted by molar-refractivity contribution is -0.0895. The zero-order valence-electron chi connectivity index (χ0n) is 15.0. The van der Waals surface area contributed by atoms with Crippen molar-refractivity contribution in [3.05, 3.63) is 64.7 Å². The molecule has 0 amide bonds. The third kappa shape index (κ3) is 4.80. The molecule has 1 saturated heterocycles. The van der Waals surface area contributed by atoms with E-state index in [1.807, 2.05) is 19.9 Å². The highest BCUT2D eigenvalue weighted by Crippen LogP contribution is 2.32. The van der Waals surface area contributed by atoms with E-state index in [9.17, 15) is 13.9 Å². The molecule has 1 N–H and O–H groups in total. The van der Waals surface area contributed by atoms with Crippen molar-refractivity contribution >= 4 is 0 Å². The highest BCUT2D eigenvalue weighted by Gasteiger charge is 2.27. The topological polar surface area (TPSA) is 38.7 Å². The van der Waals surface area contributed by atoms with Crippen LogP contribution < -0.4 is 4.74 Å². The summed E-state index contributed by atoms with van der Waals surface area (Å²) in [4.78, 5) is 0. The van der Waals surface area contributed by atoms with Crippen molar-refractivity contribution in [1.82, 2.24) is 0 Å². The quantitative estimate of drug-likeness (QED) is 0.831. The Kier molecular flexibility index (Phi) is 5.89. The van der Waals surface area contributed by atoms with Crippen molar-refractivity contribution in [1.29, 1.82) is 0 Å². The molecule has 0 spiro atoms. The van der Waals surface area contributed by atoms with E-state index in [4.69, 9.17) is 4.74 Å². The van der Waals surface area contributed by atoms with Crippen LogP contribution in [0.4, 0.5) is 8.78 Å². The maximum Gasteiger partial charge on any atom is 0.387 e. The summed E-state index contributed by atoms with van der Waals surface area (Å²) >= 11 is 0. The van der Waals surface area contributed by atoms with Gasteiger partial charge in [-0.25, -0.2) is 0 Å². The first-order valence-corrected chi connectivity index (χ1v) is 8.87. The zero-order valence-corrected chi connectivity index (χ0v) is 15.0. The van der Waals surface area contributed by atoms with Crippen molar-refractivity contribution in [2.24, 2.45) is 0 Å². The Hall–Kier alpha value is -1.98. The molecule has 2 aromatic rings. The Morgan fingerprint density at radius 2 is 1.88 bits per heavy atom. The molecule has 26 heavy (non-hydrogen) atoms. The van der Waals surface area contributed by atoms with Crippen LogP contribution in [-0.4, -0.2) is 23.9 Å². The van der Waals surface area contributed by atoms with Gasteiger partial charge in [-0.15, -0.1) is 0 Å². The monoisotopic (exact) mass is 362 g/mol. The second kappa shape index (κ2) is 8.14. The van der Waals surface area contributed by atoms with Gasteiger partial charge in [-0.05, 0) is 61.1 Å². The molecule has 0 radical (unpaired) electrons. The number of rotatable bonds is 5. The maximum absolute atomic E-state index is 12.2. The number of alkyl halides is 2. The summed E-state index contributed by atoms with van der Waals surface area (Å²) < 4.78 is 34.9. The fraction of sp³-hybridized carbons (Fsp3) is 0.429. The number of ether oxygens (including phenoxy) is 2. The van der Waals surface area contributed by atoms with Crippen molar-refractivity contribution < 1.29 is 23.4 Å². The first kappa shape index (κ1) is 18.8. The fourth-order valence-electron chi connectivity index (χ4n) is 3.42. The van der Waals surface area contributed by atoms with E-state index in [0.29, 0.717) is 19.3 Å². The van der Waals surface area contributed by atoms with Crippen LogP contribution in [0, 0.1) is 6.92 Å². The van der Waals surface area contributed by atoms with Gasteiger partial charge in [0, 0.05) is 6.42 Å². The van der Waals surface area contributed by atoms with Gasteiger partial charge in [0.05, 0.1) is 18.3 Å². The Bertz CT molecular complexity index is 721. The van der Waals surface area contributed by atoms with Crippen LogP contribution >= 0.6 is 0 Å². The van der Waals surface area contributed by atoms with E-state index in [0.717, 1.165) is 22.3 Å². The highest BCUT2D eigenvalue weighted by atomic mass is 19.3. The van der Waals surface area contributed by atoms with Gasteiger partial charge in [-0.2, -0.15) is 8.78 Å². The Morgan fingerprint density at radius 3 is 2.54 bits per heavy atom. The molecule has 0 aromatic heterocycles. The van der Waals surface area contributed by atoms with Gasteiger partial charge in [0.2, 0.25) is 0 Å². The van der Waals surface area contributed by atoms with Gasteiger partial charge in [0.25, 0.3) is 0 Å². The predicted octanol–water partition coefficient (Wildman–Crippen LogP) is 4.79. The van der Waals surface area contributed by atoms with Crippen LogP contribution in [0.15, 0.2) is 42.5 Å². The Balaban J connectivity index is 1.75. The van der Waals surface area contributed by atoms with E-state index in [-0.39, 0.29) is 24.1 Å². The molecule has 1 aliphatic rings. The first-order chi connectivity index (χ1) is 12.4. The van der Waals surface area contributed by atoms with Gasteiger partial charge in [0.1, 0.15) is 5.75 Å². The molecule has 0 aliphatic carbocycles. The van der Waals surface area contributed by atoms with Crippen molar-refractivity contribution in [3.63, 3.8) is 0 Å². The van der Waals surface area contributed by atoms with Crippen LogP contribution in [0.2, 0.25) is 0 Å². The van der Waals surface area contributed by atoms with E-state index < -0.39 is 6.61 Å². The van der Waals surface area contributed by atoms with E-state index in [2.05, 4.69) is 16.9 Å². The molecule has 3 atom stereocenters. The molecule has 140 valence electrons. The summed E-state index contributed by atoms with van der Waals surface area (Å²) in [6, 6.07) is 12.9. The minimum absolute atomic E-state index is 0.0379. The highest BCUT2D eigenvalue weighted by molar-refractivity contribution is 5.38. The summed E-state index contributed by atoms with van der Waals surface area (Å²) in [6.45, 7) is 1.22. The predicted molar refractivity (Wildman–Crippen MR) is 95.6 cm³/mol. The van der Waals surface area contributed by atoms with Crippen LogP contribution in [0.5, 0.6) is 5.75 Å². The Labute approximate surface area is 152 Å². The third-order valence-corrected chi connectivity index (χ3v) is 4.77. The van der Waals surface area contributed by atoms with E-state index in [1.165, 1.54) is 0 Å². The number of aliphatic hydroxyl groups excluding tert-OH is 1. The third-order valence-electron chi connectivity index (χ3n) is 4.77. The number of benzene rings is 2. The average molecular weight is 362 g/mol. The SMILES string of the molecule is Cc1ccc([C@H]2C[C@@H](O)C[C@@H](C)O2)cc1Cc1ccc(OC(F)F)cc1. The fourth-order valence-corrected chi connectivity index (χ4v) is 3.42. The molecule has 1 heterocycles. The summed E-state index contributed by atoms with van der Waals surface area (Å²) in [5.41, 5.74) is 4.39. The molecular weight excluding hydrogens is 338 g/mol. The lowest BCUT2D eigenvalue weighted by Gasteiger charge is -2.32. The van der Waals surface area contributed by atoms with Gasteiger partial charge in [-0.1, -0.05) is 30.3 Å². The maximum atomic E-state index is 12.2. The zero-order chi connectivity index (χ0) is 18.7. The largest absolute Gasteiger partial charge is 0.435 e. The van der Waals surface area contributed by atoms with Crippen LogP contribution in [0.3, 0.4) is 0 Å². The molecule has 0 unspecified atom stereocenters. The number of aryl methyl sites for hydroxylation is 1. The van der Waals surface area contributed by atoms with Gasteiger partial charge < -0.3 is 14.6 Å². The van der Waals surface area contributed by atoms with E-state index >= 15 is 0 Å². The number of hydrogen-bond acceptors (Lipinski definition) is 3. The average Bonchev–Trinajstić information content (AvgIpc) is 2.57. The number of halogens is 2. The molecule has 3 nitrogen and oxygen atoms in total. The van der Waals surface area contributed by atoms with Crippen molar-refractivity contribution in [2.75, 3.05) is 0 Å². The van der Waals surface area contributed by atoms with Gasteiger partial charge in [0.15, 0.2) is 0 Å². The minimum Gasteiger partial charge on any atom is -0.435 e. The standard InChI is InChI=1S/C21H24F2O3/c1-13-3-6-16(20-12-18(24)9-14(2)25-20)11-17(13)10-15-4-7-19(8-5-15)26-21(22)23/h3-8,11,14,18,20-21,24H,9-10,12H2,1-2H3/t14-,18+,20-/m1/s1. The van der Waals surface area contributed by atoms with Crippen molar-refractivity contribution in [2.45, 2.75) is 58.0 Å². The van der Waals surface area contributed by atoms with Crippen LogP contribution in [-0.2, 0) is 11.2 Å². The molecule has 0 bridgehead atoms. The molecular formula is C21H24F2O3. The lowest BCUT2D eigenvalue weighted by atomic mass is 9.92. The smallest absolute Gasteiger partial charge is 0.387 e. The summed E-state index contributed by atoms with van der Waals surface area (Å²) in [5, 5.41) is 10.0. The first-order valence-electron chi connectivity index (χ1n) is 8.87. The summed E-state index contributed by atoms with van der Waals surface area (Å²) in [5.74, 6) is 0.160. The molecule has 5 heteroatoms. The van der Waals surface area contributed by atoms with Crippen molar-refractivity contribution in [3.8, 4) is 5.75 Å². The summed E-state index contributed by atoms with van der Waals surface area (Å²) in [6.07, 6.45) is 1.57. The molecule has 2 aromatic carbocycles. The minimum atomic E-state index is -2.81. The Morgan fingerprint density at radius 1 is 1.15 bits per heavy atom. The molecule has 0 saturated carbocycles. The lowest BCUT2D eigenvalue weighted by Crippen LogP contribution is -2.29. The van der Waals surface area contributed by atoms with Gasteiger partial charge >= 0.3 is 6.61 Å². The van der Waals surface area contributed by atoms with Crippen LogP contribution in [0.1, 0.15) is 48.1 Å². The van der Waals surface area contributed by atoms with E-state index in [1.54, 1.807) is 24.3 Å². The second-order valence-corrected chi connectivity index (χ2v) is 6.95.